The lowest BCUT2D eigenvalue weighted by Crippen LogP contribution is -2.49. The summed E-state index contributed by atoms with van der Waals surface area (Å²) in [4.78, 5) is 24.7. The third-order valence-electron chi connectivity index (χ3n) is 3.41. The Balaban J connectivity index is 2.37. The molecule has 1 saturated heterocycles. The van der Waals surface area contributed by atoms with Crippen molar-refractivity contribution >= 4 is 51.0 Å². The van der Waals surface area contributed by atoms with E-state index in [1.807, 2.05) is 0 Å². The first-order valence-electron chi connectivity index (χ1n) is 6.67. The summed E-state index contributed by atoms with van der Waals surface area (Å²) in [5.41, 5.74) is -1.26. The Morgan fingerprint density at radius 2 is 1.87 bits per heavy atom. The fourth-order valence-electron chi connectivity index (χ4n) is 2.30. The molecular formula is C13H15Cl2N3O4S. The first-order valence-corrected chi connectivity index (χ1v) is 8.82. The standard InChI is InChI=1S/C13H15Cl2N3O4S/c1-4-17-11(19)13(2,3)18(23(17,21)22)12(20)16-8-5-6-9(14)10(15)7-8/h5-7H,4H2,1-3H3,(H,16,20). The van der Waals surface area contributed by atoms with Crippen molar-refractivity contribution in [2.24, 2.45) is 0 Å². The molecule has 0 spiro atoms. The van der Waals surface area contributed by atoms with Crippen molar-refractivity contribution in [3.8, 4) is 0 Å². The Bertz CT molecular complexity index is 779. The number of urea groups is 1. The van der Waals surface area contributed by atoms with Gasteiger partial charge in [-0.25, -0.2) is 9.10 Å². The van der Waals surface area contributed by atoms with Crippen molar-refractivity contribution < 1.29 is 18.0 Å². The number of nitrogens with one attached hydrogen (secondary N) is 1. The summed E-state index contributed by atoms with van der Waals surface area (Å²) in [6.45, 7) is 4.21. The van der Waals surface area contributed by atoms with Gasteiger partial charge in [0, 0.05) is 12.2 Å². The zero-order valence-electron chi connectivity index (χ0n) is 12.6. The fraction of sp³-hybridized carbons (Fsp3) is 0.385. The van der Waals surface area contributed by atoms with E-state index in [0.717, 1.165) is 0 Å². The van der Waals surface area contributed by atoms with Crippen LogP contribution in [0.1, 0.15) is 20.8 Å². The van der Waals surface area contributed by atoms with E-state index >= 15 is 0 Å². The number of anilines is 1. The van der Waals surface area contributed by atoms with E-state index in [0.29, 0.717) is 13.6 Å². The molecular weight excluding hydrogens is 365 g/mol. The van der Waals surface area contributed by atoms with E-state index < -0.39 is 27.7 Å². The van der Waals surface area contributed by atoms with E-state index in [4.69, 9.17) is 23.2 Å². The third kappa shape index (κ3) is 2.86. The van der Waals surface area contributed by atoms with Gasteiger partial charge in [0.2, 0.25) is 0 Å². The van der Waals surface area contributed by atoms with Gasteiger partial charge in [-0.1, -0.05) is 23.2 Å². The Morgan fingerprint density at radius 3 is 2.35 bits per heavy atom. The number of hydrogen-bond donors (Lipinski definition) is 1. The molecule has 126 valence electrons. The summed E-state index contributed by atoms with van der Waals surface area (Å²) in [6.07, 6.45) is 0. The van der Waals surface area contributed by atoms with Gasteiger partial charge in [0.05, 0.1) is 10.0 Å². The molecule has 1 N–H and O–H groups in total. The molecule has 1 aliphatic heterocycles. The molecule has 3 amide bonds. The number of amides is 3. The Kier molecular flexibility index (Phi) is 4.53. The molecule has 10 heteroatoms. The average molecular weight is 380 g/mol. The summed E-state index contributed by atoms with van der Waals surface area (Å²) in [6, 6.07) is 3.38. The normalized spacial score (nSPS) is 19.1. The number of halogens is 2. The van der Waals surface area contributed by atoms with Gasteiger partial charge in [0.15, 0.2) is 0 Å². The lowest BCUT2D eigenvalue weighted by molar-refractivity contribution is -0.130. The maximum absolute atomic E-state index is 12.4. The first kappa shape index (κ1) is 17.8. The first-order chi connectivity index (χ1) is 10.5. The fourth-order valence-corrected chi connectivity index (χ4v) is 4.46. The van der Waals surface area contributed by atoms with Crippen molar-refractivity contribution in [3.05, 3.63) is 28.2 Å². The van der Waals surface area contributed by atoms with E-state index in [1.165, 1.54) is 39.0 Å². The van der Waals surface area contributed by atoms with Crippen molar-refractivity contribution in [3.63, 3.8) is 0 Å². The Hall–Kier alpha value is -1.51. The number of hydrogen-bond acceptors (Lipinski definition) is 4. The van der Waals surface area contributed by atoms with Crippen LogP contribution in [0.15, 0.2) is 18.2 Å². The maximum Gasteiger partial charge on any atom is 0.337 e. The van der Waals surface area contributed by atoms with Crippen molar-refractivity contribution in [2.45, 2.75) is 26.3 Å². The van der Waals surface area contributed by atoms with Gasteiger partial charge in [-0.2, -0.15) is 12.7 Å². The topological polar surface area (TPSA) is 86.8 Å². The number of carbonyl (C=O) groups is 2. The molecule has 1 fully saturated rings. The van der Waals surface area contributed by atoms with E-state index in [2.05, 4.69) is 5.32 Å². The Labute approximate surface area is 144 Å². The quantitative estimate of drug-likeness (QED) is 0.855. The lowest BCUT2D eigenvalue weighted by atomic mass is 10.1. The highest BCUT2D eigenvalue weighted by Crippen LogP contribution is 2.33. The van der Waals surface area contributed by atoms with Gasteiger partial charge in [-0.15, -0.1) is 0 Å². The van der Waals surface area contributed by atoms with Gasteiger partial charge < -0.3 is 5.32 Å². The van der Waals surface area contributed by atoms with Gasteiger partial charge in [0.1, 0.15) is 5.54 Å². The van der Waals surface area contributed by atoms with E-state index in [-0.39, 0.29) is 17.3 Å². The second-order valence-electron chi connectivity index (χ2n) is 5.36. The molecule has 0 unspecified atom stereocenters. The summed E-state index contributed by atoms with van der Waals surface area (Å²) in [5, 5.41) is 2.92. The van der Waals surface area contributed by atoms with Crippen molar-refractivity contribution in [1.82, 2.24) is 8.61 Å². The van der Waals surface area contributed by atoms with Crippen LogP contribution in [-0.4, -0.2) is 41.1 Å². The predicted molar refractivity (Wildman–Crippen MR) is 87.7 cm³/mol. The van der Waals surface area contributed by atoms with Crippen LogP contribution in [0.5, 0.6) is 0 Å². The second-order valence-corrected chi connectivity index (χ2v) is 7.88. The highest BCUT2D eigenvalue weighted by Gasteiger charge is 2.57. The molecule has 0 bridgehead atoms. The predicted octanol–water partition coefficient (Wildman–Crippen LogP) is 2.71. The number of nitrogens with zero attached hydrogens (tertiary/aromatic N) is 2. The number of likely N-dealkylation sites (N-methyl/N-ethyl adjacent to an activating group) is 1. The maximum atomic E-state index is 12.4. The largest absolute Gasteiger partial charge is 0.337 e. The second kappa shape index (κ2) is 5.85. The highest BCUT2D eigenvalue weighted by molar-refractivity contribution is 7.88. The van der Waals surface area contributed by atoms with E-state index in [9.17, 15) is 18.0 Å². The third-order valence-corrected chi connectivity index (χ3v) is 6.21. The van der Waals surface area contributed by atoms with Gasteiger partial charge in [-0.3, -0.25) is 4.79 Å². The van der Waals surface area contributed by atoms with Crippen LogP contribution in [0.25, 0.3) is 0 Å². The molecule has 0 saturated carbocycles. The molecule has 23 heavy (non-hydrogen) atoms. The van der Waals surface area contributed by atoms with Crippen LogP contribution in [-0.2, 0) is 15.0 Å². The smallest absolute Gasteiger partial charge is 0.307 e. The van der Waals surface area contributed by atoms with Crippen molar-refractivity contribution in [2.75, 3.05) is 11.9 Å². The van der Waals surface area contributed by atoms with E-state index in [1.54, 1.807) is 0 Å². The molecule has 7 nitrogen and oxygen atoms in total. The minimum absolute atomic E-state index is 0.0544. The minimum Gasteiger partial charge on any atom is -0.307 e. The number of benzene rings is 1. The summed E-state index contributed by atoms with van der Waals surface area (Å²) in [5.74, 6) is -0.663. The van der Waals surface area contributed by atoms with Crippen LogP contribution in [0.3, 0.4) is 0 Å². The molecule has 0 aromatic heterocycles. The Morgan fingerprint density at radius 1 is 1.26 bits per heavy atom. The average Bonchev–Trinajstić information content (AvgIpc) is 2.55. The van der Waals surface area contributed by atoms with Gasteiger partial charge in [0.25, 0.3) is 5.91 Å². The van der Waals surface area contributed by atoms with Crippen LogP contribution in [0, 0.1) is 0 Å². The summed E-state index contributed by atoms with van der Waals surface area (Å²) < 4.78 is 26.1. The zero-order chi connectivity index (χ0) is 17.6. The van der Waals surface area contributed by atoms with Crippen molar-refractivity contribution in [1.29, 1.82) is 0 Å². The molecule has 1 aliphatic rings. The van der Waals surface area contributed by atoms with Crippen LogP contribution in [0.2, 0.25) is 10.0 Å². The molecule has 1 aromatic rings. The van der Waals surface area contributed by atoms with Gasteiger partial charge >= 0.3 is 16.2 Å². The van der Waals surface area contributed by atoms with Crippen LogP contribution < -0.4 is 5.32 Å². The molecule has 2 rings (SSSR count). The highest BCUT2D eigenvalue weighted by atomic mass is 35.5. The van der Waals surface area contributed by atoms with Crippen LogP contribution in [0.4, 0.5) is 10.5 Å². The molecule has 0 radical (unpaired) electrons. The molecule has 1 heterocycles. The number of carbonyl (C=O) groups excluding carboxylic acids is 2. The molecule has 1 aromatic carbocycles. The lowest BCUT2D eigenvalue weighted by Gasteiger charge is -2.25. The minimum atomic E-state index is -4.23. The molecule has 0 atom stereocenters. The van der Waals surface area contributed by atoms with Crippen LogP contribution >= 0.6 is 23.2 Å². The monoisotopic (exact) mass is 379 g/mol. The number of rotatable bonds is 2. The molecule has 0 aliphatic carbocycles. The summed E-state index contributed by atoms with van der Waals surface area (Å²) >= 11 is 11.7. The zero-order valence-corrected chi connectivity index (χ0v) is 15.0. The SMILES string of the molecule is CCN1C(=O)C(C)(C)N(C(=O)Nc2ccc(Cl)c(Cl)c2)S1(=O)=O. The summed E-state index contributed by atoms with van der Waals surface area (Å²) in [7, 11) is -4.23. The van der Waals surface area contributed by atoms with Gasteiger partial charge in [-0.05, 0) is 39.0 Å².